The van der Waals surface area contributed by atoms with Crippen molar-refractivity contribution in [3.05, 3.63) is 35.9 Å². The molecule has 1 fully saturated rings. The molecule has 0 radical (unpaired) electrons. The molecule has 128 valence electrons. The molecule has 4 nitrogen and oxygen atoms in total. The fourth-order valence-electron chi connectivity index (χ4n) is 2.35. The zero-order valence-electron chi connectivity index (χ0n) is 12.6. The molecular formula is C16H20F3NO3. The zero-order chi connectivity index (χ0) is 16.7. The molecule has 1 amide bonds. The molecule has 1 heterocycles. The smallest absolute Gasteiger partial charge is 0.379 e. The Hall–Kier alpha value is -1.60. The predicted octanol–water partition coefficient (Wildman–Crippen LogP) is 2.82. The number of benzene rings is 1. The van der Waals surface area contributed by atoms with Crippen LogP contribution >= 0.6 is 0 Å². The van der Waals surface area contributed by atoms with Crippen LogP contribution in [0.2, 0.25) is 0 Å². The second-order valence-corrected chi connectivity index (χ2v) is 5.49. The number of nitrogens with one attached hydrogen (secondary N) is 1. The highest BCUT2D eigenvalue weighted by molar-refractivity contribution is 5.76. The molecule has 1 aliphatic heterocycles. The van der Waals surface area contributed by atoms with Gasteiger partial charge in [0, 0.05) is 13.0 Å². The van der Waals surface area contributed by atoms with Crippen molar-refractivity contribution in [1.82, 2.24) is 5.32 Å². The summed E-state index contributed by atoms with van der Waals surface area (Å²) in [4.78, 5) is 11.7. The van der Waals surface area contributed by atoms with Crippen LogP contribution in [0, 0.1) is 0 Å². The van der Waals surface area contributed by atoms with Gasteiger partial charge in [-0.1, -0.05) is 30.3 Å². The van der Waals surface area contributed by atoms with Crippen LogP contribution in [-0.2, 0) is 20.9 Å². The number of hydrogen-bond donors (Lipinski definition) is 1. The fourth-order valence-corrected chi connectivity index (χ4v) is 2.35. The highest BCUT2D eigenvalue weighted by Gasteiger charge is 2.31. The van der Waals surface area contributed by atoms with E-state index in [0.717, 1.165) is 5.56 Å². The normalized spacial score (nSPS) is 21.9. The third-order valence-corrected chi connectivity index (χ3v) is 3.59. The Bertz CT molecular complexity index is 493. The summed E-state index contributed by atoms with van der Waals surface area (Å²) in [5, 5.41) is 2.63. The molecule has 2 atom stereocenters. The van der Waals surface area contributed by atoms with Gasteiger partial charge >= 0.3 is 6.18 Å². The van der Waals surface area contributed by atoms with E-state index in [2.05, 4.69) is 5.32 Å². The Labute approximate surface area is 133 Å². The first-order chi connectivity index (χ1) is 10.9. The maximum Gasteiger partial charge on any atom is 0.389 e. The van der Waals surface area contributed by atoms with Crippen molar-refractivity contribution in [2.45, 2.75) is 44.2 Å². The molecule has 1 aromatic rings. The van der Waals surface area contributed by atoms with Gasteiger partial charge in [0.1, 0.15) is 6.10 Å². The highest BCUT2D eigenvalue weighted by atomic mass is 19.4. The standard InChI is InChI=1S/C16H20F3NO3/c17-16(18,19)8-6-15(21)20-13-7-9-22-11-14(13)23-10-12-4-2-1-3-5-12/h1-5,13-14H,6-11H2,(H,20,21)/t13-,14-/m1/s1. The summed E-state index contributed by atoms with van der Waals surface area (Å²) >= 11 is 0. The molecule has 1 saturated heterocycles. The van der Waals surface area contributed by atoms with Crippen molar-refractivity contribution in [3.8, 4) is 0 Å². The van der Waals surface area contributed by atoms with Crippen molar-refractivity contribution in [3.63, 3.8) is 0 Å². The SMILES string of the molecule is O=C(CCC(F)(F)F)N[C@@H]1CCOC[C@H]1OCc1ccccc1. The summed E-state index contributed by atoms with van der Waals surface area (Å²) in [5.74, 6) is -0.609. The van der Waals surface area contributed by atoms with Crippen LogP contribution in [0.5, 0.6) is 0 Å². The van der Waals surface area contributed by atoms with E-state index in [1.54, 1.807) is 0 Å². The third-order valence-electron chi connectivity index (χ3n) is 3.59. The molecule has 0 unspecified atom stereocenters. The molecule has 1 N–H and O–H groups in total. The number of rotatable bonds is 6. The quantitative estimate of drug-likeness (QED) is 0.872. The molecule has 0 spiro atoms. The fraction of sp³-hybridized carbons (Fsp3) is 0.562. The van der Waals surface area contributed by atoms with E-state index >= 15 is 0 Å². The van der Waals surface area contributed by atoms with Gasteiger partial charge in [-0.2, -0.15) is 13.2 Å². The first kappa shape index (κ1) is 17.7. The van der Waals surface area contributed by atoms with Crippen LogP contribution in [0.3, 0.4) is 0 Å². The molecular weight excluding hydrogens is 311 g/mol. The highest BCUT2D eigenvalue weighted by Crippen LogP contribution is 2.21. The molecule has 0 saturated carbocycles. The van der Waals surface area contributed by atoms with Crippen LogP contribution in [0.4, 0.5) is 13.2 Å². The number of carbonyl (C=O) groups is 1. The Morgan fingerprint density at radius 1 is 1.30 bits per heavy atom. The van der Waals surface area contributed by atoms with E-state index in [4.69, 9.17) is 9.47 Å². The lowest BCUT2D eigenvalue weighted by Crippen LogP contribution is -2.50. The van der Waals surface area contributed by atoms with E-state index in [1.807, 2.05) is 30.3 Å². The van der Waals surface area contributed by atoms with Gasteiger partial charge < -0.3 is 14.8 Å². The maximum absolute atomic E-state index is 12.2. The van der Waals surface area contributed by atoms with Crippen LogP contribution in [0.15, 0.2) is 30.3 Å². The molecule has 0 aromatic heterocycles. The summed E-state index contributed by atoms with van der Waals surface area (Å²) in [6.45, 7) is 1.14. The molecule has 1 aromatic carbocycles. The summed E-state index contributed by atoms with van der Waals surface area (Å²) in [5.41, 5.74) is 0.986. The second kappa shape index (κ2) is 8.31. The van der Waals surface area contributed by atoms with Crippen molar-refractivity contribution in [2.75, 3.05) is 13.2 Å². The lowest BCUT2D eigenvalue weighted by atomic mass is 10.1. The van der Waals surface area contributed by atoms with Gasteiger partial charge in [0.15, 0.2) is 0 Å². The Morgan fingerprint density at radius 2 is 2.04 bits per heavy atom. The minimum Gasteiger partial charge on any atom is -0.379 e. The first-order valence-electron chi connectivity index (χ1n) is 7.53. The van der Waals surface area contributed by atoms with Gasteiger partial charge in [0.05, 0.1) is 25.7 Å². The maximum atomic E-state index is 12.2. The summed E-state index contributed by atoms with van der Waals surface area (Å²) in [6.07, 6.45) is -5.84. The largest absolute Gasteiger partial charge is 0.389 e. The van der Waals surface area contributed by atoms with E-state index < -0.39 is 24.9 Å². The molecule has 0 bridgehead atoms. The Morgan fingerprint density at radius 3 is 2.74 bits per heavy atom. The Balaban J connectivity index is 1.82. The van der Waals surface area contributed by atoms with Crippen LogP contribution in [-0.4, -0.2) is 37.4 Å². The van der Waals surface area contributed by atoms with Crippen LogP contribution in [0.25, 0.3) is 0 Å². The van der Waals surface area contributed by atoms with Crippen LogP contribution < -0.4 is 5.32 Å². The van der Waals surface area contributed by atoms with Gasteiger partial charge in [-0.15, -0.1) is 0 Å². The monoisotopic (exact) mass is 331 g/mol. The number of amides is 1. The van der Waals surface area contributed by atoms with E-state index in [0.29, 0.717) is 26.2 Å². The third kappa shape index (κ3) is 6.58. The van der Waals surface area contributed by atoms with Gasteiger partial charge in [0.25, 0.3) is 0 Å². The van der Waals surface area contributed by atoms with Gasteiger partial charge in [-0.05, 0) is 12.0 Å². The average molecular weight is 331 g/mol. The average Bonchev–Trinajstić information content (AvgIpc) is 2.52. The zero-order valence-corrected chi connectivity index (χ0v) is 12.6. The molecule has 1 aliphatic rings. The van der Waals surface area contributed by atoms with Crippen molar-refractivity contribution < 1.29 is 27.4 Å². The van der Waals surface area contributed by atoms with Crippen molar-refractivity contribution in [2.24, 2.45) is 0 Å². The van der Waals surface area contributed by atoms with Gasteiger partial charge in [-0.25, -0.2) is 0 Å². The lowest BCUT2D eigenvalue weighted by Gasteiger charge is -2.32. The number of alkyl halides is 3. The molecule has 0 aliphatic carbocycles. The van der Waals surface area contributed by atoms with Crippen LogP contribution in [0.1, 0.15) is 24.8 Å². The van der Waals surface area contributed by atoms with E-state index in [1.165, 1.54) is 0 Å². The van der Waals surface area contributed by atoms with Crippen molar-refractivity contribution >= 4 is 5.91 Å². The summed E-state index contributed by atoms with van der Waals surface area (Å²) in [7, 11) is 0. The lowest BCUT2D eigenvalue weighted by molar-refractivity contribution is -0.146. The van der Waals surface area contributed by atoms with Crippen molar-refractivity contribution in [1.29, 1.82) is 0 Å². The minimum absolute atomic E-state index is 0.317. The summed E-state index contributed by atoms with van der Waals surface area (Å²) < 4.78 is 47.6. The number of ether oxygens (including phenoxy) is 2. The predicted molar refractivity (Wildman–Crippen MR) is 77.7 cm³/mol. The van der Waals surface area contributed by atoms with E-state index in [9.17, 15) is 18.0 Å². The molecule has 2 rings (SSSR count). The molecule has 23 heavy (non-hydrogen) atoms. The first-order valence-corrected chi connectivity index (χ1v) is 7.53. The van der Waals surface area contributed by atoms with Gasteiger partial charge in [0.2, 0.25) is 5.91 Å². The Kier molecular flexibility index (Phi) is 6.41. The number of carbonyl (C=O) groups excluding carboxylic acids is 1. The number of halogens is 3. The van der Waals surface area contributed by atoms with Gasteiger partial charge in [-0.3, -0.25) is 4.79 Å². The topological polar surface area (TPSA) is 47.6 Å². The molecule has 7 heteroatoms. The summed E-state index contributed by atoms with van der Waals surface area (Å²) in [6, 6.07) is 9.20. The number of hydrogen-bond acceptors (Lipinski definition) is 3. The van der Waals surface area contributed by atoms with E-state index in [-0.39, 0.29) is 12.1 Å². The second-order valence-electron chi connectivity index (χ2n) is 5.49. The minimum atomic E-state index is -4.32.